The van der Waals surface area contributed by atoms with Crippen LogP contribution < -0.4 is 22.3 Å². The van der Waals surface area contributed by atoms with E-state index in [1.807, 2.05) is 6.92 Å². The number of nitrogens with one attached hydrogen (secondary N) is 2. The zero-order chi connectivity index (χ0) is 27.1. The number of aryl methyl sites for hydroxylation is 1. The highest BCUT2D eigenvalue weighted by Crippen LogP contribution is 2.32. The molecule has 2 aromatic carbocycles. The van der Waals surface area contributed by atoms with E-state index in [1.54, 1.807) is 12.1 Å². The second-order valence-corrected chi connectivity index (χ2v) is 9.87. The lowest BCUT2D eigenvalue weighted by Crippen LogP contribution is -2.43. The highest BCUT2D eigenvalue weighted by molar-refractivity contribution is 7.18. The average molecular weight is 561 g/mol. The molecule has 0 saturated carbocycles. The molecule has 0 aliphatic carbocycles. The van der Waals surface area contributed by atoms with Gasteiger partial charge in [0.2, 0.25) is 5.95 Å². The standard InChI is InChI=1S/C24H16ClF3N6O3S/c1-11-30-18-7-14(25)17(8-19(18)38-11)31-22-32-23(36)34(10-13-3-2-4-29-21(13)35)24(37)33(22)9-12-5-15(26)20(28)16(27)6-12/h2-8H,9-10H2,1H3,(H,29,35)(H,31,32,36). The van der Waals surface area contributed by atoms with Crippen molar-refractivity contribution < 1.29 is 13.2 Å². The van der Waals surface area contributed by atoms with E-state index >= 15 is 0 Å². The van der Waals surface area contributed by atoms with Crippen LogP contribution in [0, 0.1) is 24.4 Å². The number of rotatable bonds is 6. The van der Waals surface area contributed by atoms with Gasteiger partial charge in [-0.25, -0.2) is 32.3 Å². The van der Waals surface area contributed by atoms with E-state index in [0.29, 0.717) is 10.1 Å². The summed E-state index contributed by atoms with van der Waals surface area (Å²) in [5, 5.41) is 3.85. The number of fused-ring (bicyclic) bond motifs is 1. The number of halogens is 4. The van der Waals surface area contributed by atoms with Gasteiger partial charge in [0, 0.05) is 11.8 Å². The molecule has 3 heterocycles. The van der Waals surface area contributed by atoms with Crippen molar-refractivity contribution in [3.05, 3.63) is 113 Å². The topological polar surface area (TPSA) is 115 Å². The molecular formula is C24H16ClF3N6O3S. The Morgan fingerprint density at radius 3 is 2.47 bits per heavy atom. The smallest absolute Gasteiger partial charge is 0.329 e. The van der Waals surface area contributed by atoms with E-state index in [1.165, 1.54) is 29.7 Å². The van der Waals surface area contributed by atoms with Crippen molar-refractivity contribution in [3.63, 3.8) is 0 Å². The molecule has 9 nitrogen and oxygen atoms in total. The van der Waals surface area contributed by atoms with E-state index in [0.717, 1.165) is 26.4 Å². The van der Waals surface area contributed by atoms with Crippen LogP contribution in [0.1, 0.15) is 16.1 Å². The van der Waals surface area contributed by atoms with Crippen LogP contribution in [-0.2, 0) is 13.1 Å². The van der Waals surface area contributed by atoms with Crippen molar-refractivity contribution in [1.29, 1.82) is 0 Å². The van der Waals surface area contributed by atoms with Gasteiger partial charge in [-0.3, -0.25) is 9.36 Å². The maximum Gasteiger partial charge on any atom is 0.355 e. The fourth-order valence-electron chi connectivity index (χ4n) is 3.82. The monoisotopic (exact) mass is 560 g/mol. The minimum absolute atomic E-state index is 0.105. The zero-order valence-corrected chi connectivity index (χ0v) is 21.0. The summed E-state index contributed by atoms with van der Waals surface area (Å²) in [7, 11) is 0. The van der Waals surface area contributed by atoms with E-state index in [2.05, 4.69) is 20.3 Å². The molecule has 0 amide bonds. The number of aromatic nitrogens is 5. The molecule has 38 heavy (non-hydrogen) atoms. The summed E-state index contributed by atoms with van der Waals surface area (Å²) in [6.45, 7) is 0.913. The number of thiazole rings is 1. The van der Waals surface area contributed by atoms with E-state index in [4.69, 9.17) is 11.6 Å². The van der Waals surface area contributed by atoms with Crippen LogP contribution in [0.5, 0.6) is 0 Å². The normalized spacial score (nSPS) is 11.3. The minimum Gasteiger partial charge on any atom is -0.329 e. The average Bonchev–Trinajstić information content (AvgIpc) is 3.22. The first-order valence-electron chi connectivity index (χ1n) is 11.0. The molecule has 0 bridgehead atoms. The molecule has 0 aliphatic heterocycles. The Kier molecular flexibility index (Phi) is 6.63. The Morgan fingerprint density at radius 2 is 1.76 bits per heavy atom. The summed E-state index contributed by atoms with van der Waals surface area (Å²) in [4.78, 5) is 49.3. The molecule has 0 aliphatic rings. The number of nitrogens with zero attached hydrogens (tertiary/aromatic N) is 4. The molecule has 2 N–H and O–H groups in total. The quantitative estimate of drug-likeness (QED) is 0.304. The van der Waals surface area contributed by atoms with Gasteiger partial charge in [-0.15, -0.1) is 11.3 Å². The van der Waals surface area contributed by atoms with Gasteiger partial charge in [0.15, 0.2) is 17.5 Å². The van der Waals surface area contributed by atoms with Gasteiger partial charge in [-0.05, 0) is 42.8 Å². The van der Waals surface area contributed by atoms with Crippen molar-refractivity contribution in [2.24, 2.45) is 0 Å². The first-order chi connectivity index (χ1) is 18.1. The fraction of sp³-hybridized carbons (Fsp3) is 0.125. The van der Waals surface area contributed by atoms with Crippen molar-refractivity contribution in [2.75, 3.05) is 5.32 Å². The van der Waals surface area contributed by atoms with Gasteiger partial charge < -0.3 is 10.3 Å². The SMILES string of the molecule is Cc1nc2cc(Cl)c(Nc3nc(=O)n(Cc4ccc[nH]c4=O)c(=O)n3Cc3cc(F)c(F)c(F)c3)cc2s1. The van der Waals surface area contributed by atoms with Crippen LogP contribution in [0.2, 0.25) is 5.02 Å². The summed E-state index contributed by atoms with van der Waals surface area (Å²) >= 11 is 7.79. The Labute approximate surface area is 219 Å². The summed E-state index contributed by atoms with van der Waals surface area (Å²) in [5.41, 5.74) is -1.52. The molecule has 0 atom stereocenters. The highest BCUT2D eigenvalue weighted by Gasteiger charge is 2.19. The Balaban J connectivity index is 1.65. The molecule has 194 valence electrons. The molecule has 5 aromatic rings. The first kappa shape index (κ1) is 25.4. The number of hydrogen-bond acceptors (Lipinski definition) is 7. The molecule has 0 unspecified atom stereocenters. The third-order valence-electron chi connectivity index (χ3n) is 5.59. The van der Waals surface area contributed by atoms with Crippen LogP contribution >= 0.6 is 22.9 Å². The van der Waals surface area contributed by atoms with E-state index < -0.39 is 47.5 Å². The number of H-pyrrole nitrogens is 1. The molecule has 0 fully saturated rings. The molecule has 0 saturated heterocycles. The van der Waals surface area contributed by atoms with E-state index in [-0.39, 0.29) is 27.8 Å². The largest absolute Gasteiger partial charge is 0.355 e. The maximum atomic E-state index is 13.9. The molecule has 0 radical (unpaired) electrons. The second kappa shape index (κ2) is 9.91. The van der Waals surface area contributed by atoms with Gasteiger partial charge in [-0.1, -0.05) is 17.7 Å². The number of pyridine rings is 1. The fourth-order valence-corrected chi connectivity index (χ4v) is 4.87. The van der Waals surface area contributed by atoms with Crippen LogP contribution in [0.3, 0.4) is 0 Å². The summed E-state index contributed by atoms with van der Waals surface area (Å²) < 4.78 is 43.8. The van der Waals surface area contributed by atoms with Gasteiger partial charge in [0.25, 0.3) is 5.56 Å². The number of hydrogen-bond donors (Lipinski definition) is 2. The van der Waals surface area contributed by atoms with Crippen LogP contribution in [-0.4, -0.2) is 24.1 Å². The molecule has 14 heteroatoms. The minimum atomic E-state index is -1.66. The van der Waals surface area contributed by atoms with Crippen LogP contribution in [0.15, 0.2) is 57.0 Å². The Morgan fingerprint density at radius 1 is 1.03 bits per heavy atom. The number of aromatic amines is 1. The number of benzene rings is 2. The highest BCUT2D eigenvalue weighted by atomic mass is 35.5. The van der Waals surface area contributed by atoms with Crippen molar-refractivity contribution >= 4 is 44.8 Å². The van der Waals surface area contributed by atoms with Crippen molar-refractivity contribution in [3.8, 4) is 0 Å². The summed E-state index contributed by atoms with van der Waals surface area (Å²) in [6, 6.07) is 7.66. The predicted octanol–water partition coefficient (Wildman–Crippen LogP) is 3.92. The molecule has 0 spiro atoms. The number of anilines is 2. The Bertz CT molecular complexity index is 1880. The first-order valence-corrected chi connectivity index (χ1v) is 12.2. The molecule has 3 aromatic heterocycles. The van der Waals surface area contributed by atoms with Crippen LogP contribution in [0.4, 0.5) is 24.8 Å². The molecule has 5 rings (SSSR count). The second-order valence-electron chi connectivity index (χ2n) is 8.23. The zero-order valence-electron chi connectivity index (χ0n) is 19.4. The Hall–Kier alpha value is -4.23. The lowest BCUT2D eigenvalue weighted by molar-refractivity contribution is 0.444. The van der Waals surface area contributed by atoms with Gasteiger partial charge in [-0.2, -0.15) is 4.98 Å². The third-order valence-corrected chi connectivity index (χ3v) is 6.84. The molecular weight excluding hydrogens is 545 g/mol. The van der Waals surface area contributed by atoms with Gasteiger partial charge in [0.1, 0.15) is 0 Å². The third kappa shape index (κ3) is 4.85. The summed E-state index contributed by atoms with van der Waals surface area (Å²) in [5.74, 6) is -4.85. The van der Waals surface area contributed by atoms with E-state index in [9.17, 15) is 27.6 Å². The summed E-state index contributed by atoms with van der Waals surface area (Å²) in [6.07, 6.45) is 1.39. The lowest BCUT2D eigenvalue weighted by atomic mass is 10.2. The lowest BCUT2D eigenvalue weighted by Gasteiger charge is -2.16. The van der Waals surface area contributed by atoms with Gasteiger partial charge >= 0.3 is 11.4 Å². The van der Waals surface area contributed by atoms with Crippen molar-refractivity contribution in [2.45, 2.75) is 20.0 Å². The van der Waals surface area contributed by atoms with Crippen molar-refractivity contribution in [1.82, 2.24) is 24.1 Å². The van der Waals surface area contributed by atoms with Gasteiger partial charge in [0.05, 0.1) is 39.0 Å². The van der Waals surface area contributed by atoms with Crippen LogP contribution in [0.25, 0.3) is 10.2 Å². The maximum absolute atomic E-state index is 13.9. The predicted molar refractivity (Wildman–Crippen MR) is 137 cm³/mol.